The molecule has 2 aromatic rings. The van der Waals surface area contributed by atoms with Crippen molar-refractivity contribution in [3.63, 3.8) is 0 Å². The molecule has 1 aliphatic heterocycles. The van der Waals surface area contributed by atoms with Crippen molar-refractivity contribution in [2.24, 2.45) is 11.3 Å². The molecule has 5 nitrogen and oxygen atoms in total. The van der Waals surface area contributed by atoms with Crippen LogP contribution in [0.4, 0.5) is 5.69 Å². The first kappa shape index (κ1) is 16.5. The van der Waals surface area contributed by atoms with Gasteiger partial charge in [-0.1, -0.05) is 24.3 Å². The summed E-state index contributed by atoms with van der Waals surface area (Å²) in [6.45, 7) is 4.57. The molecule has 1 aromatic heterocycles. The van der Waals surface area contributed by atoms with E-state index in [0.29, 0.717) is 30.7 Å². The lowest BCUT2D eigenvalue weighted by atomic mass is 9.75. The normalized spacial score (nSPS) is 24.2. The van der Waals surface area contributed by atoms with Gasteiger partial charge in [0, 0.05) is 24.0 Å². The van der Waals surface area contributed by atoms with Gasteiger partial charge in [0.1, 0.15) is 0 Å². The Morgan fingerprint density at radius 2 is 2.12 bits per heavy atom. The van der Waals surface area contributed by atoms with E-state index in [4.69, 9.17) is 4.74 Å². The maximum atomic E-state index is 12.4. The fourth-order valence-corrected chi connectivity index (χ4v) is 4.03. The number of cyclic esters (lactones) is 1. The van der Waals surface area contributed by atoms with Crippen molar-refractivity contribution < 1.29 is 14.3 Å². The van der Waals surface area contributed by atoms with Crippen LogP contribution >= 0.6 is 0 Å². The molecule has 2 fully saturated rings. The van der Waals surface area contributed by atoms with Crippen LogP contribution in [0.3, 0.4) is 0 Å². The number of aromatic nitrogens is 1. The van der Waals surface area contributed by atoms with Crippen molar-refractivity contribution in [3.05, 3.63) is 72.1 Å². The van der Waals surface area contributed by atoms with E-state index in [-0.39, 0.29) is 17.8 Å². The van der Waals surface area contributed by atoms with Gasteiger partial charge in [-0.2, -0.15) is 0 Å². The first-order chi connectivity index (χ1) is 12.6. The van der Waals surface area contributed by atoms with E-state index in [2.05, 4.69) is 16.9 Å². The lowest BCUT2D eigenvalue weighted by Gasteiger charge is -2.24. The summed E-state index contributed by atoms with van der Waals surface area (Å²) < 4.78 is 5.33. The molecule has 0 radical (unpaired) electrons. The number of carbonyl (C=O) groups excluding carboxylic acids is 2. The van der Waals surface area contributed by atoms with E-state index < -0.39 is 5.41 Å². The molecule has 0 bridgehead atoms. The zero-order valence-electron chi connectivity index (χ0n) is 14.4. The highest BCUT2D eigenvalue weighted by Gasteiger charge is 2.55. The second-order valence-electron chi connectivity index (χ2n) is 7.15. The largest absolute Gasteiger partial charge is 0.465 e. The Kier molecular flexibility index (Phi) is 4.07. The van der Waals surface area contributed by atoms with Gasteiger partial charge in [0.05, 0.1) is 17.6 Å². The predicted molar refractivity (Wildman–Crippen MR) is 97.6 cm³/mol. The Hall–Kier alpha value is -2.95. The fraction of sp³-hybridized carbons (Fsp3) is 0.286. The number of hydrogen-bond acceptors (Lipinski definition) is 4. The number of fused-ring (bicyclic) bond motifs is 1. The molecular weight excluding hydrogens is 328 g/mol. The predicted octanol–water partition coefficient (Wildman–Crippen LogP) is 3.39. The van der Waals surface area contributed by atoms with Gasteiger partial charge in [-0.05, 0) is 49.1 Å². The maximum absolute atomic E-state index is 12.4. The van der Waals surface area contributed by atoms with Gasteiger partial charge in [-0.15, -0.1) is 0 Å². The molecule has 2 aliphatic rings. The Morgan fingerprint density at radius 1 is 1.31 bits per heavy atom. The lowest BCUT2D eigenvalue weighted by Crippen LogP contribution is -2.31. The number of esters is 1. The van der Waals surface area contributed by atoms with E-state index in [0.717, 1.165) is 17.6 Å². The third-order valence-electron chi connectivity index (χ3n) is 5.36. The van der Waals surface area contributed by atoms with Crippen LogP contribution in [0.1, 0.15) is 28.8 Å². The topological polar surface area (TPSA) is 68.3 Å². The Labute approximate surface area is 152 Å². The summed E-state index contributed by atoms with van der Waals surface area (Å²) in [5, 5.41) is 2.85. The summed E-state index contributed by atoms with van der Waals surface area (Å²) in [6, 6.07) is 11.1. The summed E-state index contributed by atoms with van der Waals surface area (Å²) >= 11 is 0. The number of amides is 1. The molecule has 5 heteroatoms. The smallest absolute Gasteiger partial charge is 0.313 e. The number of anilines is 1. The molecule has 1 saturated heterocycles. The van der Waals surface area contributed by atoms with Crippen LogP contribution in [0.25, 0.3) is 0 Å². The molecule has 2 heterocycles. The van der Waals surface area contributed by atoms with Crippen LogP contribution in [-0.4, -0.2) is 23.5 Å². The molecule has 0 spiro atoms. The van der Waals surface area contributed by atoms with Crippen LogP contribution in [0, 0.1) is 11.3 Å². The number of rotatable bonds is 4. The van der Waals surface area contributed by atoms with Crippen molar-refractivity contribution in [2.75, 3.05) is 11.9 Å². The highest BCUT2D eigenvalue weighted by molar-refractivity contribution is 6.04. The summed E-state index contributed by atoms with van der Waals surface area (Å²) in [6.07, 6.45) is 5.37. The third-order valence-corrected chi connectivity index (χ3v) is 5.36. The number of carbonyl (C=O) groups is 2. The van der Waals surface area contributed by atoms with Gasteiger partial charge in [-0.3, -0.25) is 14.6 Å². The molecule has 2 atom stereocenters. The van der Waals surface area contributed by atoms with Gasteiger partial charge in [0.25, 0.3) is 5.91 Å². The maximum Gasteiger partial charge on any atom is 0.313 e. The van der Waals surface area contributed by atoms with Crippen LogP contribution < -0.4 is 5.32 Å². The van der Waals surface area contributed by atoms with Crippen molar-refractivity contribution in [3.8, 4) is 0 Å². The monoisotopic (exact) mass is 348 g/mol. The molecule has 1 saturated carbocycles. The average molecular weight is 348 g/mol. The SMILES string of the molecule is C=C1CC2COC(=O)C2(Cc2ccc(NC(=O)c3cccnc3)cc2)C1. The van der Waals surface area contributed by atoms with Crippen LogP contribution in [0.5, 0.6) is 0 Å². The van der Waals surface area contributed by atoms with Gasteiger partial charge in [0.15, 0.2) is 0 Å². The standard InChI is InChI=1S/C21H20N2O3/c1-14-9-17-13-26-20(25)21(17,10-14)11-15-4-6-18(7-5-15)23-19(24)16-3-2-8-22-12-16/h2-8,12,17H,1,9-11,13H2,(H,23,24). The minimum Gasteiger partial charge on any atom is -0.465 e. The molecule has 2 unspecified atom stereocenters. The first-order valence-electron chi connectivity index (χ1n) is 8.71. The molecule has 1 aromatic carbocycles. The molecular formula is C21H20N2O3. The van der Waals surface area contributed by atoms with E-state index in [9.17, 15) is 9.59 Å². The highest BCUT2D eigenvalue weighted by atomic mass is 16.5. The number of nitrogens with one attached hydrogen (secondary N) is 1. The van der Waals surface area contributed by atoms with Gasteiger partial charge in [-0.25, -0.2) is 0 Å². The van der Waals surface area contributed by atoms with E-state index in [1.807, 2.05) is 24.3 Å². The molecule has 1 amide bonds. The zero-order valence-corrected chi connectivity index (χ0v) is 14.4. The van der Waals surface area contributed by atoms with Crippen LogP contribution in [-0.2, 0) is 16.0 Å². The van der Waals surface area contributed by atoms with E-state index >= 15 is 0 Å². The molecule has 26 heavy (non-hydrogen) atoms. The first-order valence-corrected chi connectivity index (χ1v) is 8.71. The number of nitrogens with zero attached hydrogens (tertiary/aromatic N) is 1. The zero-order chi connectivity index (χ0) is 18.1. The van der Waals surface area contributed by atoms with Crippen molar-refractivity contribution in [1.82, 2.24) is 4.98 Å². The summed E-state index contributed by atoms with van der Waals surface area (Å²) in [5.74, 6) is -0.0708. The van der Waals surface area contributed by atoms with E-state index in [1.165, 1.54) is 6.20 Å². The van der Waals surface area contributed by atoms with E-state index in [1.54, 1.807) is 18.3 Å². The van der Waals surface area contributed by atoms with Crippen molar-refractivity contribution in [1.29, 1.82) is 0 Å². The Morgan fingerprint density at radius 3 is 2.85 bits per heavy atom. The molecule has 4 rings (SSSR count). The van der Waals surface area contributed by atoms with Crippen molar-refractivity contribution >= 4 is 17.6 Å². The summed E-state index contributed by atoms with van der Waals surface area (Å²) in [5.41, 5.74) is 2.95. The average Bonchev–Trinajstić information content (AvgIpc) is 3.12. The minimum atomic E-state index is -0.461. The highest BCUT2D eigenvalue weighted by Crippen LogP contribution is 2.52. The number of benzene rings is 1. The second kappa shape index (κ2) is 6.41. The third kappa shape index (κ3) is 2.90. The second-order valence-corrected chi connectivity index (χ2v) is 7.15. The minimum absolute atomic E-state index is 0.102. The number of pyridine rings is 1. The van der Waals surface area contributed by atoms with Gasteiger partial charge in [0.2, 0.25) is 0 Å². The number of allylic oxidation sites excluding steroid dienone is 1. The van der Waals surface area contributed by atoms with Crippen molar-refractivity contribution in [2.45, 2.75) is 19.3 Å². The Bertz CT molecular complexity index is 861. The van der Waals surface area contributed by atoms with Gasteiger partial charge < -0.3 is 10.1 Å². The van der Waals surface area contributed by atoms with Crippen LogP contribution in [0.2, 0.25) is 0 Å². The molecule has 1 N–H and O–H groups in total. The quantitative estimate of drug-likeness (QED) is 0.679. The van der Waals surface area contributed by atoms with Gasteiger partial charge >= 0.3 is 5.97 Å². The molecule has 1 aliphatic carbocycles. The Balaban J connectivity index is 1.47. The summed E-state index contributed by atoms with van der Waals surface area (Å²) in [4.78, 5) is 28.5. The van der Waals surface area contributed by atoms with Crippen LogP contribution in [0.15, 0.2) is 60.9 Å². The number of hydrogen-bond donors (Lipinski definition) is 1. The lowest BCUT2D eigenvalue weighted by molar-refractivity contribution is -0.146. The number of ether oxygens (including phenoxy) is 1. The fourth-order valence-electron chi connectivity index (χ4n) is 4.03. The molecule has 132 valence electrons. The summed E-state index contributed by atoms with van der Waals surface area (Å²) in [7, 11) is 0.